The molecule has 5 nitrogen and oxygen atoms in total. The highest BCUT2D eigenvalue weighted by Gasteiger charge is 2.25. The standard InChI is InChI=1S/C27H30N4O/c1-19(2)25-23-18-20(9-10-24(23)29-27(25)32)6-5-13-30-14-16-31(17-15-30)26-22-8-4-3-7-21(22)11-12-28-26/h3-4,7-12,18H,5-6,13-17H2,1-2H3,(H,29,32). The number of hydrogen-bond acceptors (Lipinski definition) is 4. The number of benzene rings is 2. The zero-order valence-electron chi connectivity index (χ0n) is 18.9. The average Bonchev–Trinajstić information content (AvgIpc) is 3.14. The molecule has 0 aliphatic carbocycles. The summed E-state index contributed by atoms with van der Waals surface area (Å²) in [4.78, 5) is 21.9. The van der Waals surface area contributed by atoms with Crippen molar-refractivity contribution in [3.05, 3.63) is 71.4 Å². The maximum Gasteiger partial charge on any atom is 0.256 e. The molecule has 1 N–H and O–H groups in total. The second-order valence-electron chi connectivity index (χ2n) is 9.00. The Hall–Kier alpha value is -3.18. The first-order valence-corrected chi connectivity index (χ1v) is 11.5. The quantitative estimate of drug-likeness (QED) is 0.599. The van der Waals surface area contributed by atoms with Crippen LogP contribution in [0.25, 0.3) is 16.3 Å². The molecule has 1 saturated heterocycles. The summed E-state index contributed by atoms with van der Waals surface area (Å²) in [7, 11) is 0. The van der Waals surface area contributed by atoms with Crippen LogP contribution in [0.2, 0.25) is 0 Å². The van der Waals surface area contributed by atoms with Crippen molar-refractivity contribution in [2.75, 3.05) is 42.9 Å². The van der Waals surface area contributed by atoms with Gasteiger partial charge in [0.05, 0.1) is 0 Å². The molecular weight excluding hydrogens is 396 g/mol. The molecule has 1 aromatic heterocycles. The highest BCUT2D eigenvalue weighted by molar-refractivity contribution is 6.32. The third-order valence-electron chi connectivity index (χ3n) is 6.59. The Morgan fingerprint density at radius 1 is 1.03 bits per heavy atom. The Bertz CT molecular complexity index is 1180. The normalized spacial score (nSPS) is 16.4. The average molecular weight is 427 g/mol. The van der Waals surface area contributed by atoms with Gasteiger partial charge in [0.1, 0.15) is 5.82 Å². The van der Waals surface area contributed by atoms with Gasteiger partial charge in [0.25, 0.3) is 5.91 Å². The van der Waals surface area contributed by atoms with E-state index in [2.05, 4.69) is 68.6 Å². The molecule has 2 aliphatic heterocycles. The fraction of sp³-hybridized carbons (Fsp3) is 0.333. The predicted molar refractivity (Wildman–Crippen MR) is 132 cm³/mol. The van der Waals surface area contributed by atoms with Crippen molar-refractivity contribution in [2.24, 2.45) is 0 Å². The van der Waals surface area contributed by atoms with E-state index >= 15 is 0 Å². The van der Waals surface area contributed by atoms with E-state index in [-0.39, 0.29) is 5.91 Å². The third-order valence-corrected chi connectivity index (χ3v) is 6.59. The number of carbonyl (C=O) groups is 1. The number of amides is 1. The number of piperazine rings is 1. The fourth-order valence-corrected chi connectivity index (χ4v) is 4.91. The number of fused-ring (bicyclic) bond motifs is 2. The summed E-state index contributed by atoms with van der Waals surface area (Å²) in [5.74, 6) is 1.13. The highest BCUT2D eigenvalue weighted by Crippen LogP contribution is 2.34. The lowest BCUT2D eigenvalue weighted by atomic mass is 9.99. The van der Waals surface area contributed by atoms with Gasteiger partial charge in [-0.1, -0.05) is 35.9 Å². The Morgan fingerprint density at radius 2 is 1.84 bits per heavy atom. The molecule has 0 radical (unpaired) electrons. The smallest absolute Gasteiger partial charge is 0.256 e. The maximum absolute atomic E-state index is 12.2. The predicted octanol–water partition coefficient (Wildman–Crippen LogP) is 4.74. The number of rotatable bonds is 5. The van der Waals surface area contributed by atoms with E-state index in [1.54, 1.807) is 0 Å². The van der Waals surface area contributed by atoms with Crippen molar-refractivity contribution in [2.45, 2.75) is 26.7 Å². The Kier molecular flexibility index (Phi) is 5.66. The van der Waals surface area contributed by atoms with Crippen LogP contribution in [0.15, 0.2) is 60.3 Å². The number of carbonyl (C=O) groups excluding carboxylic acids is 1. The van der Waals surface area contributed by atoms with E-state index in [1.807, 2.05) is 20.0 Å². The minimum Gasteiger partial charge on any atom is -0.354 e. The van der Waals surface area contributed by atoms with Crippen molar-refractivity contribution in [1.29, 1.82) is 0 Å². The van der Waals surface area contributed by atoms with Crippen molar-refractivity contribution in [1.82, 2.24) is 9.88 Å². The largest absolute Gasteiger partial charge is 0.354 e. The van der Waals surface area contributed by atoms with Crippen LogP contribution in [0, 0.1) is 0 Å². The molecule has 0 atom stereocenters. The van der Waals surface area contributed by atoms with Gasteiger partial charge >= 0.3 is 0 Å². The first-order chi connectivity index (χ1) is 15.6. The summed E-state index contributed by atoms with van der Waals surface area (Å²) in [6.45, 7) is 9.26. The molecule has 3 heterocycles. The van der Waals surface area contributed by atoms with Crippen molar-refractivity contribution >= 4 is 33.8 Å². The summed E-state index contributed by atoms with van der Waals surface area (Å²) >= 11 is 0. The Balaban J connectivity index is 1.16. The molecule has 0 unspecified atom stereocenters. The van der Waals surface area contributed by atoms with Crippen LogP contribution in [0.5, 0.6) is 0 Å². The number of nitrogens with zero attached hydrogens (tertiary/aromatic N) is 3. The Morgan fingerprint density at radius 3 is 2.66 bits per heavy atom. The molecule has 32 heavy (non-hydrogen) atoms. The number of nitrogens with one attached hydrogen (secondary N) is 1. The molecule has 3 aromatic rings. The molecule has 0 saturated carbocycles. The van der Waals surface area contributed by atoms with Gasteiger partial charge in [-0.15, -0.1) is 0 Å². The summed E-state index contributed by atoms with van der Waals surface area (Å²) in [5, 5.41) is 5.47. The van der Waals surface area contributed by atoms with Gasteiger partial charge in [0, 0.05) is 54.6 Å². The van der Waals surface area contributed by atoms with Gasteiger partial charge in [0.2, 0.25) is 0 Å². The Labute approximate surface area is 189 Å². The molecular formula is C27H30N4O. The number of anilines is 2. The van der Waals surface area contributed by atoms with E-state index in [4.69, 9.17) is 0 Å². The first kappa shape index (κ1) is 20.7. The van der Waals surface area contributed by atoms with Crippen LogP contribution in [-0.4, -0.2) is 48.5 Å². The van der Waals surface area contributed by atoms with Gasteiger partial charge in [0.15, 0.2) is 0 Å². The molecule has 0 bridgehead atoms. The van der Waals surface area contributed by atoms with Crippen molar-refractivity contribution in [3.63, 3.8) is 0 Å². The second-order valence-corrected chi connectivity index (χ2v) is 9.00. The molecule has 1 fully saturated rings. The van der Waals surface area contributed by atoms with Crippen molar-refractivity contribution < 1.29 is 4.79 Å². The lowest BCUT2D eigenvalue weighted by Crippen LogP contribution is -2.47. The van der Waals surface area contributed by atoms with Gasteiger partial charge in [-0.3, -0.25) is 9.69 Å². The SMILES string of the molecule is CC(C)=C1C(=O)Nc2ccc(CCCN3CCN(c4nccc5ccccc45)CC3)cc21. The molecule has 0 spiro atoms. The molecule has 1 amide bonds. The van der Waals surface area contributed by atoms with Gasteiger partial charge in [-0.25, -0.2) is 4.98 Å². The molecule has 2 aliphatic rings. The molecule has 164 valence electrons. The lowest BCUT2D eigenvalue weighted by molar-refractivity contribution is -0.110. The minimum atomic E-state index is 0.0238. The van der Waals surface area contributed by atoms with E-state index in [0.29, 0.717) is 0 Å². The van der Waals surface area contributed by atoms with E-state index < -0.39 is 0 Å². The molecule has 2 aromatic carbocycles. The number of aromatic nitrogens is 1. The first-order valence-electron chi connectivity index (χ1n) is 11.5. The monoisotopic (exact) mass is 426 g/mol. The van der Waals surface area contributed by atoms with Gasteiger partial charge in [-0.2, -0.15) is 0 Å². The summed E-state index contributed by atoms with van der Waals surface area (Å²) in [5.41, 5.74) is 5.20. The van der Waals surface area contributed by atoms with Crippen LogP contribution in [0.1, 0.15) is 31.4 Å². The maximum atomic E-state index is 12.2. The zero-order valence-corrected chi connectivity index (χ0v) is 18.9. The van der Waals surface area contributed by atoms with E-state index in [1.165, 1.54) is 16.3 Å². The third kappa shape index (κ3) is 4.00. The molecule has 5 rings (SSSR count). The second kappa shape index (κ2) is 8.75. The fourth-order valence-electron chi connectivity index (χ4n) is 4.91. The number of hydrogen-bond donors (Lipinski definition) is 1. The lowest BCUT2D eigenvalue weighted by Gasteiger charge is -2.35. The number of aryl methyl sites for hydroxylation is 1. The van der Waals surface area contributed by atoms with Gasteiger partial charge in [-0.05, 0) is 62.4 Å². The van der Waals surface area contributed by atoms with Crippen LogP contribution >= 0.6 is 0 Å². The van der Waals surface area contributed by atoms with Crippen molar-refractivity contribution in [3.8, 4) is 0 Å². The summed E-state index contributed by atoms with van der Waals surface area (Å²) in [6, 6.07) is 17.0. The summed E-state index contributed by atoms with van der Waals surface area (Å²) in [6.07, 6.45) is 4.07. The summed E-state index contributed by atoms with van der Waals surface area (Å²) < 4.78 is 0. The topological polar surface area (TPSA) is 48.5 Å². The minimum absolute atomic E-state index is 0.0238. The van der Waals surface area contributed by atoms with Crippen LogP contribution in [0.4, 0.5) is 11.5 Å². The van der Waals surface area contributed by atoms with Crippen LogP contribution < -0.4 is 10.2 Å². The molecule has 5 heteroatoms. The van der Waals surface area contributed by atoms with E-state index in [9.17, 15) is 4.79 Å². The highest BCUT2D eigenvalue weighted by atomic mass is 16.2. The van der Waals surface area contributed by atoms with E-state index in [0.717, 1.165) is 73.8 Å². The zero-order chi connectivity index (χ0) is 22.1. The van der Waals surface area contributed by atoms with Crippen LogP contribution in [0.3, 0.4) is 0 Å². The van der Waals surface area contributed by atoms with Gasteiger partial charge < -0.3 is 10.2 Å². The number of pyridine rings is 1. The van der Waals surface area contributed by atoms with Crippen LogP contribution in [-0.2, 0) is 11.2 Å². The number of allylic oxidation sites excluding steroid dienone is 1.